The first-order valence-corrected chi connectivity index (χ1v) is 6.76. The zero-order valence-electron chi connectivity index (χ0n) is 11.0. The fourth-order valence-electron chi connectivity index (χ4n) is 1.17. The monoisotopic (exact) mass is 263 g/mol. The third-order valence-corrected chi connectivity index (χ3v) is 2.67. The Hall–Kier alpha value is -0.910. The van der Waals surface area contributed by atoms with Crippen molar-refractivity contribution in [2.75, 3.05) is 19.1 Å². The summed E-state index contributed by atoms with van der Waals surface area (Å²) in [5.74, 6) is -0.322. The van der Waals surface area contributed by atoms with Crippen LogP contribution in [-0.2, 0) is 9.53 Å². The average Bonchev–Trinajstić information content (AvgIpc) is 2.14. The van der Waals surface area contributed by atoms with Crippen LogP contribution in [0.3, 0.4) is 0 Å². The minimum atomic E-state index is -1.01. The highest BCUT2D eigenvalue weighted by Gasteiger charge is 2.29. The summed E-state index contributed by atoms with van der Waals surface area (Å²) in [6.07, 6.45) is 1.70. The summed E-state index contributed by atoms with van der Waals surface area (Å²) in [5.41, 5.74) is -0.617. The second kappa shape index (κ2) is 6.74. The van der Waals surface area contributed by atoms with Crippen LogP contribution in [0.25, 0.3) is 0 Å². The molecule has 1 amide bonds. The number of nitrogens with zero attached hydrogens (tertiary/aromatic N) is 1. The van der Waals surface area contributed by atoms with Gasteiger partial charge in [0.25, 0.3) is 0 Å². The first kappa shape index (κ1) is 16.1. The Kier molecular flexibility index (Phi) is 6.37. The molecule has 0 spiro atoms. The molecule has 0 aromatic heterocycles. The Morgan fingerprint density at radius 1 is 1.41 bits per heavy atom. The predicted octanol–water partition coefficient (Wildman–Crippen LogP) is 2.06. The highest BCUT2D eigenvalue weighted by atomic mass is 32.2. The first-order chi connectivity index (χ1) is 7.69. The maximum atomic E-state index is 11.7. The molecule has 0 heterocycles. The summed E-state index contributed by atoms with van der Waals surface area (Å²) in [7, 11) is 1.45. The molecule has 0 rings (SSSR count). The molecule has 1 atom stereocenters. The molecule has 17 heavy (non-hydrogen) atoms. The second-order valence-electron chi connectivity index (χ2n) is 4.73. The van der Waals surface area contributed by atoms with Crippen molar-refractivity contribution in [2.45, 2.75) is 38.8 Å². The third-order valence-electron chi connectivity index (χ3n) is 2.03. The molecule has 0 fully saturated rings. The molecule has 6 heteroatoms. The summed E-state index contributed by atoms with van der Waals surface area (Å²) in [6.45, 7) is 5.24. The SMILES string of the molecule is CSCC[C@@H](C(=O)O)N(C)C(=O)OC(C)(C)C. The molecular weight excluding hydrogens is 242 g/mol. The smallest absolute Gasteiger partial charge is 0.410 e. The average molecular weight is 263 g/mol. The van der Waals surface area contributed by atoms with Gasteiger partial charge in [0.1, 0.15) is 11.6 Å². The summed E-state index contributed by atoms with van der Waals surface area (Å²) < 4.78 is 5.13. The van der Waals surface area contributed by atoms with Crippen molar-refractivity contribution in [1.82, 2.24) is 4.90 Å². The van der Waals surface area contributed by atoms with Gasteiger partial charge in [0, 0.05) is 7.05 Å². The van der Waals surface area contributed by atoms with Gasteiger partial charge in [-0.25, -0.2) is 9.59 Å². The van der Waals surface area contributed by atoms with Crippen molar-refractivity contribution >= 4 is 23.8 Å². The van der Waals surface area contributed by atoms with Crippen LogP contribution in [0.2, 0.25) is 0 Å². The van der Waals surface area contributed by atoms with Crippen molar-refractivity contribution in [3.63, 3.8) is 0 Å². The number of carboxylic acid groups (broad SMARTS) is 1. The third kappa shape index (κ3) is 6.41. The van der Waals surface area contributed by atoms with Gasteiger partial charge in [-0.15, -0.1) is 0 Å². The molecular formula is C11H21NO4S. The van der Waals surface area contributed by atoms with Crippen molar-refractivity contribution in [1.29, 1.82) is 0 Å². The Morgan fingerprint density at radius 3 is 2.29 bits per heavy atom. The number of hydrogen-bond acceptors (Lipinski definition) is 4. The molecule has 5 nitrogen and oxygen atoms in total. The van der Waals surface area contributed by atoms with Crippen molar-refractivity contribution in [3.05, 3.63) is 0 Å². The maximum absolute atomic E-state index is 11.7. The van der Waals surface area contributed by atoms with Crippen LogP contribution >= 0.6 is 11.8 Å². The van der Waals surface area contributed by atoms with Crippen LogP contribution in [0.15, 0.2) is 0 Å². The van der Waals surface area contributed by atoms with Crippen LogP contribution in [0.4, 0.5) is 4.79 Å². The fourth-order valence-corrected chi connectivity index (χ4v) is 1.63. The van der Waals surface area contributed by atoms with E-state index >= 15 is 0 Å². The van der Waals surface area contributed by atoms with E-state index in [4.69, 9.17) is 9.84 Å². The zero-order valence-corrected chi connectivity index (χ0v) is 11.8. The normalized spacial score (nSPS) is 13.0. The Bertz CT molecular complexity index is 275. The van der Waals surface area contributed by atoms with Gasteiger partial charge in [-0.05, 0) is 39.2 Å². The Labute approximate surface area is 107 Å². The molecule has 0 aliphatic heterocycles. The highest BCUT2D eigenvalue weighted by molar-refractivity contribution is 7.98. The van der Waals surface area contributed by atoms with E-state index in [1.165, 1.54) is 7.05 Å². The van der Waals surface area contributed by atoms with E-state index < -0.39 is 23.7 Å². The summed E-state index contributed by atoms with van der Waals surface area (Å²) >= 11 is 1.55. The number of rotatable bonds is 5. The van der Waals surface area contributed by atoms with Gasteiger partial charge in [-0.2, -0.15) is 11.8 Å². The largest absolute Gasteiger partial charge is 0.480 e. The summed E-state index contributed by atoms with van der Waals surface area (Å²) in [5, 5.41) is 9.06. The van der Waals surface area contributed by atoms with E-state index in [1.54, 1.807) is 32.5 Å². The van der Waals surface area contributed by atoms with E-state index in [0.717, 1.165) is 4.90 Å². The van der Waals surface area contributed by atoms with Gasteiger partial charge < -0.3 is 9.84 Å². The van der Waals surface area contributed by atoms with E-state index in [2.05, 4.69) is 0 Å². The second-order valence-corrected chi connectivity index (χ2v) is 5.71. The number of carbonyl (C=O) groups excluding carboxylic acids is 1. The molecule has 0 bridgehead atoms. The Morgan fingerprint density at radius 2 is 1.94 bits per heavy atom. The molecule has 100 valence electrons. The van der Waals surface area contributed by atoms with Gasteiger partial charge in [-0.1, -0.05) is 0 Å². The number of amides is 1. The van der Waals surface area contributed by atoms with Crippen LogP contribution in [0.1, 0.15) is 27.2 Å². The van der Waals surface area contributed by atoms with Gasteiger partial charge in [-0.3, -0.25) is 4.90 Å². The minimum Gasteiger partial charge on any atom is -0.480 e. The van der Waals surface area contributed by atoms with Crippen LogP contribution < -0.4 is 0 Å². The van der Waals surface area contributed by atoms with Gasteiger partial charge in [0.15, 0.2) is 0 Å². The number of carboxylic acids is 1. The number of carbonyl (C=O) groups is 2. The minimum absolute atomic E-state index is 0.409. The topological polar surface area (TPSA) is 66.8 Å². The number of thioether (sulfide) groups is 1. The molecule has 0 saturated carbocycles. The lowest BCUT2D eigenvalue weighted by Gasteiger charge is -2.28. The summed E-state index contributed by atoms with van der Waals surface area (Å²) in [6, 6.07) is -0.836. The molecule has 0 aliphatic rings. The quantitative estimate of drug-likeness (QED) is 0.822. The number of hydrogen-bond donors (Lipinski definition) is 1. The van der Waals surface area contributed by atoms with E-state index in [0.29, 0.717) is 12.2 Å². The highest BCUT2D eigenvalue weighted by Crippen LogP contribution is 2.13. The standard InChI is InChI=1S/C11H21NO4S/c1-11(2,3)16-10(15)12(4)8(9(13)14)6-7-17-5/h8H,6-7H2,1-5H3,(H,13,14)/t8-/m0/s1. The number of ether oxygens (including phenoxy) is 1. The lowest BCUT2D eigenvalue weighted by Crippen LogP contribution is -2.45. The van der Waals surface area contributed by atoms with E-state index in [-0.39, 0.29) is 0 Å². The molecule has 0 unspecified atom stereocenters. The molecule has 0 aromatic rings. The fraction of sp³-hybridized carbons (Fsp3) is 0.818. The lowest BCUT2D eigenvalue weighted by atomic mass is 10.2. The number of likely N-dealkylation sites (N-methyl/N-ethyl adjacent to an activating group) is 1. The van der Waals surface area contributed by atoms with Gasteiger partial charge in [0.05, 0.1) is 0 Å². The van der Waals surface area contributed by atoms with Crippen LogP contribution in [-0.4, -0.2) is 52.8 Å². The molecule has 0 aromatic carbocycles. The molecule has 0 aliphatic carbocycles. The molecule has 0 saturated heterocycles. The summed E-state index contributed by atoms with van der Waals surface area (Å²) in [4.78, 5) is 23.9. The number of aliphatic carboxylic acids is 1. The molecule has 1 N–H and O–H groups in total. The molecule has 0 radical (unpaired) electrons. The van der Waals surface area contributed by atoms with Crippen LogP contribution in [0.5, 0.6) is 0 Å². The van der Waals surface area contributed by atoms with Gasteiger partial charge in [0.2, 0.25) is 0 Å². The maximum Gasteiger partial charge on any atom is 0.410 e. The zero-order chi connectivity index (χ0) is 13.6. The van der Waals surface area contributed by atoms with Gasteiger partial charge >= 0.3 is 12.1 Å². The first-order valence-electron chi connectivity index (χ1n) is 5.36. The van der Waals surface area contributed by atoms with E-state index in [9.17, 15) is 9.59 Å². The lowest BCUT2D eigenvalue weighted by molar-refractivity contribution is -0.142. The van der Waals surface area contributed by atoms with Crippen molar-refractivity contribution in [2.24, 2.45) is 0 Å². The predicted molar refractivity (Wildman–Crippen MR) is 68.4 cm³/mol. The Balaban J connectivity index is 4.55. The van der Waals surface area contributed by atoms with Crippen molar-refractivity contribution in [3.8, 4) is 0 Å². The van der Waals surface area contributed by atoms with Crippen LogP contribution in [0, 0.1) is 0 Å². The van der Waals surface area contributed by atoms with Crippen molar-refractivity contribution < 1.29 is 19.4 Å². The van der Waals surface area contributed by atoms with E-state index in [1.807, 2.05) is 6.26 Å².